The Balaban J connectivity index is 1.54. The molecular formula is C20H17FN2O2S. The first-order chi connectivity index (χ1) is 12.5. The molecule has 0 spiro atoms. The first kappa shape index (κ1) is 17.9. The van der Waals surface area contributed by atoms with Crippen molar-refractivity contribution >= 4 is 28.7 Å². The van der Waals surface area contributed by atoms with Crippen LogP contribution >= 0.6 is 11.3 Å². The number of aryl methyl sites for hydroxylation is 1. The number of hydrogen-bond acceptors (Lipinski definition) is 4. The van der Waals surface area contributed by atoms with Gasteiger partial charge in [0.2, 0.25) is 5.91 Å². The number of rotatable bonds is 6. The number of aromatic nitrogens is 1. The molecule has 1 aromatic heterocycles. The molecule has 0 aliphatic heterocycles. The SMILES string of the molecule is CC(=O)c1ccc(NC(=O)CCc2nc(-c3ccc(F)cc3)cs2)cc1. The van der Waals surface area contributed by atoms with Crippen molar-refractivity contribution < 1.29 is 14.0 Å². The second-order valence-corrected chi connectivity index (χ2v) is 6.76. The first-order valence-electron chi connectivity index (χ1n) is 8.12. The van der Waals surface area contributed by atoms with Gasteiger partial charge in [-0.2, -0.15) is 0 Å². The summed E-state index contributed by atoms with van der Waals surface area (Å²) in [4.78, 5) is 27.8. The van der Waals surface area contributed by atoms with Crippen LogP contribution in [0.2, 0.25) is 0 Å². The molecule has 0 atom stereocenters. The van der Waals surface area contributed by atoms with E-state index in [0.717, 1.165) is 16.3 Å². The standard InChI is InChI=1S/C20H17FN2O2S/c1-13(24)14-4-8-17(9-5-14)22-19(25)10-11-20-23-18(12-26-20)15-2-6-16(21)7-3-15/h2-9,12H,10-11H2,1H3,(H,22,25). The Kier molecular flexibility index (Phi) is 5.53. The first-order valence-corrected chi connectivity index (χ1v) is 9.00. The third-order valence-corrected chi connectivity index (χ3v) is 4.74. The predicted molar refractivity (Wildman–Crippen MR) is 101 cm³/mol. The van der Waals surface area contributed by atoms with Crippen LogP contribution in [0.3, 0.4) is 0 Å². The van der Waals surface area contributed by atoms with E-state index >= 15 is 0 Å². The van der Waals surface area contributed by atoms with Gasteiger partial charge in [-0.05, 0) is 55.5 Å². The minimum absolute atomic E-state index is 0.0106. The van der Waals surface area contributed by atoms with Crippen LogP contribution in [0.1, 0.15) is 28.7 Å². The molecule has 0 saturated heterocycles. The number of Topliss-reactive ketones (excluding diaryl/α,β-unsaturated/α-hetero) is 1. The van der Waals surface area contributed by atoms with E-state index < -0.39 is 0 Å². The van der Waals surface area contributed by atoms with Gasteiger partial charge >= 0.3 is 0 Å². The number of carbonyl (C=O) groups is 2. The zero-order valence-corrected chi connectivity index (χ0v) is 15.0. The smallest absolute Gasteiger partial charge is 0.224 e. The molecular weight excluding hydrogens is 351 g/mol. The fourth-order valence-corrected chi connectivity index (χ4v) is 3.22. The summed E-state index contributed by atoms with van der Waals surface area (Å²) in [6, 6.07) is 13.0. The number of benzene rings is 2. The predicted octanol–water partition coefficient (Wildman–Crippen LogP) is 4.72. The summed E-state index contributed by atoms with van der Waals surface area (Å²) in [6.45, 7) is 1.50. The minimum Gasteiger partial charge on any atom is -0.326 e. The second-order valence-electron chi connectivity index (χ2n) is 5.82. The van der Waals surface area contributed by atoms with Crippen LogP contribution in [0, 0.1) is 5.82 Å². The van der Waals surface area contributed by atoms with Gasteiger partial charge in [-0.25, -0.2) is 9.37 Å². The number of nitrogens with one attached hydrogen (secondary N) is 1. The zero-order chi connectivity index (χ0) is 18.5. The summed E-state index contributed by atoms with van der Waals surface area (Å²) < 4.78 is 13.0. The van der Waals surface area contributed by atoms with Crippen molar-refractivity contribution in [2.45, 2.75) is 19.8 Å². The van der Waals surface area contributed by atoms with Crippen LogP contribution < -0.4 is 5.32 Å². The monoisotopic (exact) mass is 368 g/mol. The number of thiazole rings is 1. The maximum Gasteiger partial charge on any atom is 0.224 e. The van der Waals surface area contributed by atoms with Crippen LogP contribution in [0.15, 0.2) is 53.9 Å². The van der Waals surface area contributed by atoms with Crippen molar-refractivity contribution in [3.8, 4) is 11.3 Å². The lowest BCUT2D eigenvalue weighted by Gasteiger charge is -2.05. The van der Waals surface area contributed by atoms with Gasteiger partial charge in [-0.1, -0.05) is 0 Å². The lowest BCUT2D eigenvalue weighted by atomic mass is 10.1. The number of hydrogen-bond donors (Lipinski definition) is 1. The summed E-state index contributed by atoms with van der Waals surface area (Å²) in [5.74, 6) is -0.403. The molecule has 1 N–H and O–H groups in total. The van der Waals surface area contributed by atoms with Gasteiger partial charge in [0.05, 0.1) is 10.7 Å². The Morgan fingerprint density at radius 1 is 1.08 bits per heavy atom. The topological polar surface area (TPSA) is 59.1 Å². The molecule has 0 radical (unpaired) electrons. The fourth-order valence-electron chi connectivity index (χ4n) is 2.41. The number of anilines is 1. The molecule has 3 aromatic rings. The van der Waals surface area contributed by atoms with Crippen LogP contribution in [0.5, 0.6) is 0 Å². The van der Waals surface area contributed by atoms with E-state index in [1.807, 2.05) is 5.38 Å². The van der Waals surface area contributed by atoms with Crippen molar-refractivity contribution in [2.24, 2.45) is 0 Å². The maximum absolute atomic E-state index is 13.0. The highest BCUT2D eigenvalue weighted by Gasteiger charge is 2.08. The van der Waals surface area contributed by atoms with E-state index in [9.17, 15) is 14.0 Å². The summed E-state index contributed by atoms with van der Waals surface area (Å²) in [7, 11) is 0. The van der Waals surface area contributed by atoms with E-state index in [4.69, 9.17) is 0 Å². The van der Waals surface area contributed by atoms with Gasteiger partial charge in [0.1, 0.15) is 5.82 Å². The van der Waals surface area contributed by atoms with E-state index in [2.05, 4.69) is 10.3 Å². The molecule has 0 unspecified atom stereocenters. The van der Waals surface area contributed by atoms with Crippen LogP contribution in [0.4, 0.5) is 10.1 Å². The fraction of sp³-hybridized carbons (Fsp3) is 0.150. The van der Waals surface area contributed by atoms with Gasteiger partial charge in [0.25, 0.3) is 0 Å². The summed E-state index contributed by atoms with van der Waals surface area (Å²) in [5.41, 5.74) is 2.90. The summed E-state index contributed by atoms with van der Waals surface area (Å²) in [6.07, 6.45) is 0.841. The van der Waals surface area contributed by atoms with E-state index in [0.29, 0.717) is 24.1 Å². The van der Waals surface area contributed by atoms with E-state index in [1.54, 1.807) is 36.4 Å². The molecule has 0 bridgehead atoms. The van der Waals surface area contributed by atoms with Crippen molar-refractivity contribution in [3.05, 3.63) is 70.3 Å². The highest BCUT2D eigenvalue weighted by molar-refractivity contribution is 7.09. The number of ketones is 1. The van der Waals surface area contributed by atoms with Gasteiger partial charge in [0, 0.05) is 35.0 Å². The highest BCUT2D eigenvalue weighted by Crippen LogP contribution is 2.23. The third-order valence-electron chi connectivity index (χ3n) is 3.83. The lowest BCUT2D eigenvalue weighted by molar-refractivity contribution is -0.116. The van der Waals surface area contributed by atoms with Gasteiger partial charge < -0.3 is 5.32 Å². The molecule has 0 saturated carbocycles. The average Bonchev–Trinajstić information content (AvgIpc) is 3.10. The molecule has 0 fully saturated rings. The quantitative estimate of drug-likeness (QED) is 0.640. The van der Waals surface area contributed by atoms with E-state index in [1.165, 1.54) is 30.4 Å². The normalized spacial score (nSPS) is 10.5. The Labute approximate surface area is 154 Å². The molecule has 1 amide bonds. The van der Waals surface area contributed by atoms with Gasteiger partial charge in [-0.15, -0.1) is 11.3 Å². The average molecular weight is 368 g/mol. The zero-order valence-electron chi connectivity index (χ0n) is 14.2. The Bertz CT molecular complexity index is 918. The second kappa shape index (κ2) is 8.01. The number of amides is 1. The van der Waals surface area contributed by atoms with Gasteiger partial charge in [-0.3, -0.25) is 9.59 Å². The van der Waals surface area contributed by atoms with Crippen molar-refractivity contribution in [1.29, 1.82) is 0 Å². The molecule has 132 valence electrons. The number of halogens is 1. The highest BCUT2D eigenvalue weighted by atomic mass is 32.1. The molecule has 0 aliphatic carbocycles. The van der Waals surface area contributed by atoms with Crippen molar-refractivity contribution in [1.82, 2.24) is 4.98 Å². The Hall–Kier alpha value is -2.86. The Morgan fingerprint density at radius 3 is 2.42 bits per heavy atom. The third kappa shape index (κ3) is 4.61. The van der Waals surface area contributed by atoms with Crippen LogP contribution in [0.25, 0.3) is 11.3 Å². The van der Waals surface area contributed by atoms with Crippen LogP contribution in [-0.2, 0) is 11.2 Å². The minimum atomic E-state index is -0.280. The molecule has 3 rings (SSSR count). The van der Waals surface area contributed by atoms with Gasteiger partial charge in [0.15, 0.2) is 5.78 Å². The van der Waals surface area contributed by atoms with E-state index in [-0.39, 0.29) is 17.5 Å². The van der Waals surface area contributed by atoms with Crippen LogP contribution in [-0.4, -0.2) is 16.7 Å². The van der Waals surface area contributed by atoms with Crippen molar-refractivity contribution in [3.63, 3.8) is 0 Å². The molecule has 26 heavy (non-hydrogen) atoms. The molecule has 0 aliphatic rings. The summed E-state index contributed by atoms with van der Waals surface area (Å²) >= 11 is 1.48. The largest absolute Gasteiger partial charge is 0.326 e. The molecule has 2 aromatic carbocycles. The lowest BCUT2D eigenvalue weighted by Crippen LogP contribution is -2.12. The molecule has 4 nitrogen and oxygen atoms in total. The number of nitrogens with zero attached hydrogens (tertiary/aromatic N) is 1. The molecule has 1 heterocycles. The summed E-state index contributed by atoms with van der Waals surface area (Å²) in [5, 5.41) is 5.56. The maximum atomic E-state index is 13.0. The number of carbonyl (C=O) groups excluding carboxylic acids is 2. The molecule has 6 heteroatoms. The Morgan fingerprint density at radius 2 is 1.77 bits per heavy atom. The van der Waals surface area contributed by atoms with Crippen molar-refractivity contribution in [2.75, 3.05) is 5.32 Å².